The Hall–Kier alpha value is -1.42. The normalized spacial score (nSPS) is 8.64. The fourth-order valence-electron chi connectivity index (χ4n) is 0.760. The second-order valence-corrected chi connectivity index (χ2v) is 2.55. The summed E-state index contributed by atoms with van der Waals surface area (Å²) in [6.07, 6.45) is 1.58. The second kappa shape index (κ2) is 6.10. The highest BCUT2D eigenvalue weighted by atomic mass is 16.5. The van der Waals surface area contributed by atoms with E-state index in [2.05, 4.69) is 4.98 Å². The molecule has 0 saturated carbocycles. The van der Waals surface area contributed by atoms with Gasteiger partial charge >= 0.3 is 0 Å². The molecule has 1 N–H and O–H groups in total. The molecule has 0 unspecified atom stereocenters. The van der Waals surface area contributed by atoms with Crippen LogP contribution >= 0.6 is 0 Å². The summed E-state index contributed by atoms with van der Waals surface area (Å²) in [5.41, 5.74) is 1.22. The van der Waals surface area contributed by atoms with Crippen molar-refractivity contribution in [1.29, 1.82) is 0 Å². The van der Waals surface area contributed by atoms with Crippen LogP contribution in [0.1, 0.15) is 29.9 Å². The number of hydroxylamine groups is 2. The third kappa shape index (κ3) is 3.53. The van der Waals surface area contributed by atoms with Gasteiger partial charge in [-0.3, -0.25) is 15.0 Å². The SMILES string of the molecule is CC.Cc1ccc(C(=O)N(C)O)nc1. The zero-order valence-electron chi connectivity index (χ0n) is 8.98. The minimum atomic E-state index is -0.505. The van der Waals surface area contributed by atoms with E-state index >= 15 is 0 Å². The Balaban J connectivity index is 0.000000791. The monoisotopic (exact) mass is 196 g/mol. The van der Waals surface area contributed by atoms with Crippen LogP contribution in [-0.4, -0.2) is 28.2 Å². The lowest BCUT2D eigenvalue weighted by Gasteiger charge is -2.06. The van der Waals surface area contributed by atoms with Gasteiger partial charge in [0.05, 0.1) is 0 Å². The molecule has 0 atom stereocenters. The van der Waals surface area contributed by atoms with Crippen molar-refractivity contribution in [1.82, 2.24) is 10.0 Å². The third-order valence-corrected chi connectivity index (χ3v) is 1.42. The first-order chi connectivity index (χ1) is 6.61. The van der Waals surface area contributed by atoms with Gasteiger partial charge in [0.15, 0.2) is 0 Å². The molecule has 0 aliphatic heterocycles. The number of rotatable bonds is 1. The van der Waals surface area contributed by atoms with Gasteiger partial charge in [0.25, 0.3) is 5.91 Å². The summed E-state index contributed by atoms with van der Waals surface area (Å²) in [6, 6.07) is 3.34. The van der Waals surface area contributed by atoms with Crippen molar-refractivity contribution in [2.24, 2.45) is 0 Å². The first-order valence-electron chi connectivity index (χ1n) is 4.51. The number of amides is 1. The Kier molecular flexibility index (Phi) is 5.48. The van der Waals surface area contributed by atoms with Crippen molar-refractivity contribution in [3.8, 4) is 0 Å². The summed E-state index contributed by atoms with van der Waals surface area (Å²) >= 11 is 0. The number of carbonyl (C=O) groups is 1. The molecule has 1 heterocycles. The maximum Gasteiger partial charge on any atom is 0.295 e. The van der Waals surface area contributed by atoms with Gasteiger partial charge in [0, 0.05) is 13.2 Å². The van der Waals surface area contributed by atoms with Crippen molar-refractivity contribution in [2.75, 3.05) is 7.05 Å². The van der Waals surface area contributed by atoms with Gasteiger partial charge in [-0.1, -0.05) is 19.9 Å². The Labute approximate surface area is 84.2 Å². The summed E-state index contributed by atoms with van der Waals surface area (Å²) < 4.78 is 0. The zero-order chi connectivity index (χ0) is 11.1. The summed E-state index contributed by atoms with van der Waals surface area (Å²) in [5, 5.41) is 9.30. The molecule has 0 saturated heterocycles. The van der Waals surface area contributed by atoms with E-state index in [0.717, 1.165) is 5.56 Å². The van der Waals surface area contributed by atoms with Crippen molar-refractivity contribution in [2.45, 2.75) is 20.8 Å². The lowest BCUT2D eigenvalue weighted by atomic mass is 10.3. The van der Waals surface area contributed by atoms with Crippen LogP contribution in [0.5, 0.6) is 0 Å². The molecular formula is C10H16N2O2. The molecule has 0 radical (unpaired) electrons. The number of carbonyl (C=O) groups excluding carboxylic acids is 1. The average molecular weight is 196 g/mol. The molecule has 0 aliphatic rings. The maximum atomic E-state index is 11.1. The summed E-state index contributed by atoms with van der Waals surface area (Å²) in [7, 11) is 1.27. The quantitative estimate of drug-likeness (QED) is 0.551. The molecule has 78 valence electrons. The number of aryl methyl sites for hydroxylation is 1. The molecular weight excluding hydrogens is 180 g/mol. The molecule has 1 rings (SSSR count). The summed E-state index contributed by atoms with van der Waals surface area (Å²) in [5.74, 6) is -0.505. The van der Waals surface area contributed by atoms with Crippen molar-refractivity contribution in [3.63, 3.8) is 0 Å². The minimum Gasteiger partial charge on any atom is -0.286 e. The van der Waals surface area contributed by atoms with Gasteiger partial charge in [-0.25, -0.2) is 5.06 Å². The lowest BCUT2D eigenvalue weighted by Crippen LogP contribution is -2.23. The molecule has 0 fully saturated rings. The Morgan fingerprint density at radius 2 is 2.00 bits per heavy atom. The number of pyridine rings is 1. The van der Waals surface area contributed by atoms with Gasteiger partial charge < -0.3 is 0 Å². The summed E-state index contributed by atoms with van der Waals surface area (Å²) in [6.45, 7) is 5.88. The molecule has 14 heavy (non-hydrogen) atoms. The molecule has 0 bridgehead atoms. The number of hydrogen-bond donors (Lipinski definition) is 1. The van der Waals surface area contributed by atoms with Gasteiger partial charge in [-0.15, -0.1) is 0 Å². The fourth-order valence-corrected chi connectivity index (χ4v) is 0.760. The van der Waals surface area contributed by atoms with Crippen LogP contribution in [0.15, 0.2) is 18.3 Å². The average Bonchev–Trinajstić information content (AvgIpc) is 2.21. The summed E-state index contributed by atoms with van der Waals surface area (Å²) in [4.78, 5) is 14.9. The Morgan fingerprint density at radius 3 is 2.36 bits per heavy atom. The van der Waals surface area contributed by atoms with Crippen molar-refractivity contribution in [3.05, 3.63) is 29.6 Å². The van der Waals surface area contributed by atoms with E-state index in [1.807, 2.05) is 20.8 Å². The van der Waals surface area contributed by atoms with E-state index in [-0.39, 0.29) is 5.69 Å². The van der Waals surface area contributed by atoms with E-state index in [4.69, 9.17) is 5.21 Å². The highest BCUT2D eigenvalue weighted by molar-refractivity contribution is 5.91. The van der Waals surface area contributed by atoms with Crippen LogP contribution < -0.4 is 0 Å². The molecule has 4 heteroatoms. The van der Waals surface area contributed by atoms with Crippen LogP contribution in [0, 0.1) is 6.92 Å². The number of hydrogen-bond acceptors (Lipinski definition) is 3. The van der Waals surface area contributed by atoms with Crippen LogP contribution in [0.3, 0.4) is 0 Å². The third-order valence-electron chi connectivity index (χ3n) is 1.42. The molecule has 1 amide bonds. The molecule has 0 spiro atoms. The zero-order valence-corrected chi connectivity index (χ0v) is 8.98. The Bertz CT molecular complexity index is 281. The smallest absolute Gasteiger partial charge is 0.286 e. The van der Waals surface area contributed by atoms with Crippen LogP contribution in [0.4, 0.5) is 0 Å². The molecule has 1 aromatic rings. The largest absolute Gasteiger partial charge is 0.295 e. The van der Waals surface area contributed by atoms with Gasteiger partial charge in [-0.2, -0.15) is 0 Å². The minimum absolute atomic E-state index is 0.241. The predicted molar refractivity (Wildman–Crippen MR) is 54.2 cm³/mol. The van der Waals surface area contributed by atoms with Crippen LogP contribution in [0.2, 0.25) is 0 Å². The Morgan fingerprint density at radius 1 is 1.43 bits per heavy atom. The van der Waals surface area contributed by atoms with Crippen molar-refractivity contribution >= 4 is 5.91 Å². The first kappa shape index (κ1) is 12.6. The highest BCUT2D eigenvalue weighted by Crippen LogP contribution is 2.00. The second-order valence-electron chi connectivity index (χ2n) is 2.55. The molecule has 1 aromatic heterocycles. The van der Waals surface area contributed by atoms with Gasteiger partial charge in [-0.05, 0) is 18.6 Å². The van der Waals surface area contributed by atoms with Crippen LogP contribution in [0.25, 0.3) is 0 Å². The number of aromatic nitrogens is 1. The number of nitrogens with zero attached hydrogens (tertiary/aromatic N) is 2. The van der Waals surface area contributed by atoms with Crippen molar-refractivity contribution < 1.29 is 10.0 Å². The van der Waals surface area contributed by atoms with E-state index in [1.165, 1.54) is 7.05 Å². The van der Waals surface area contributed by atoms with Gasteiger partial charge in [0.1, 0.15) is 5.69 Å². The van der Waals surface area contributed by atoms with E-state index in [9.17, 15) is 4.79 Å². The first-order valence-corrected chi connectivity index (χ1v) is 4.51. The standard InChI is InChI=1S/C8H10N2O2.C2H6/c1-6-3-4-7(9-5-6)8(11)10(2)12;1-2/h3-5,12H,1-2H3;1-2H3. The fraction of sp³-hybridized carbons (Fsp3) is 0.400. The van der Waals surface area contributed by atoms with Gasteiger partial charge in [0.2, 0.25) is 0 Å². The van der Waals surface area contributed by atoms with E-state index in [1.54, 1.807) is 18.3 Å². The molecule has 4 nitrogen and oxygen atoms in total. The van der Waals surface area contributed by atoms with E-state index in [0.29, 0.717) is 5.06 Å². The van der Waals surface area contributed by atoms with E-state index < -0.39 is 5.91 Å². The van der Waals surface area contributed by atoms with Crippen LogP contribution in [-0.2, 0) is 0 Å². The predicted octanol–water partition coefficient (Wildman–Crippen LogP) is 1.88. The molecule has 0 aliphatic carbocycles. The lowest BCUT2D eigenvalue weighted by molar-refractivity contribution is -0.0379. The highest BCUT2D eigenvalue weighted by Gasteiger charge is 2.09. The topological polar surface area (TPSA) is 53.4 Å². The maximum absolute atomic E-state index is 11.1. The molecule has 0 aromatic carbocycles.